The fraction of sp³-hybridized carbons (Fsp3) is 0.158. The number of halogens is 1. The van der Waals surface area contributed by atoms with E-state index in [4.69, 9.17) is 11.6 Å². The summed E-state index contributed by atoms with van der Waals surface area (Å²) >= 11 is 6.05. The molecule has 8 heteroatoms. The average Bonchev–Trinajstić information content (AvgIpc) is 2.90. The first-order valence-electron chi connectivity index (χ1n) is 8.15. The number of hydrogen-bond acceptors (Lipinski definition) is 4. The van der Waals surface area contributed by atoms with Gasteiger partial charge in [-0.1, -0.05) is 17.7 Å². The van der Waals surface area contributed by atoms with Crippen molar-refractivity contribution in [1.29, 1.82) is 0 Å². The lowest BCUT2D eigenvalue weighted by Crippen LogP contribution is -2.17. The molecule has 1 aromatic heterocycles. The number of non-ortho nitro benzene ring substituents is 1. The van der Waals surface area contributed by atoms with E-state index in [1.165, 1.54) is 29.1 Å². The Balaban J connectivity index is 2.02. The van der Waals surface area contributed by atoms with Crippen LogP contribution in [0.5, 0.6) is 0 Å². The van der Waals surface area contributed by atoms with Crippen LogP contribution in [0.25, 0.3) is 5.69 Å². The van der Waals surface area contributed by atoms with Gasteiger partial charge in [-0.25, -0.2) is 4.68 Å². The molecule has 1 heterocycles. The molecule has 0 aliphatic carbocycles. The van der Waals surface area contributed by atoms with Gasteiger partial charge in [-0.3, -0.25) is 25.0 Å². The quantitative estimate of drug-likeness (QED) is 0.410. The minimum absolute atomic E-state index is 0.120. The molecule has 27 heavy (non-hydrogen) atoms. The Morgan fingerprint density at radius 2 is 1.89 bits per heavy atom. The smallest absolute Gasteiger partial charge is 0.280 e. The predicted molar refractivity (Wildman–Crippen MR) is 106 cm³/mol. The fourth-order valence-corrected chi connectivity index (χ4v) is 2.77. The molecule has 0 atom stereocenters. The lowest BCUT2D eigenvalue weighted by molar-refractivity contribution is -0.384. The summed E-state index contributed by atoms with van der Waals surface area (Å²) in [6, 6.07) is 9.70. The number of nitro groups is 1. The van der Waals surface area contributed by atoms with Crippen molar-refractivity contribution in [2.24, 2.45) is 4.99 Å². The Bertz CT molecular complexity index is 1130. The average molecular weight is 385 g/mol. The van der Waals surface area contributed by atoms with Crippen LogP contribution in [0.15, 0.2) is 46.2 Å². The summed E-state index contributed by atoms with van der Waals surface area (Å²) in [6.45, 7) is 5.74. The summed E-state index contributed by atoms with van der Waals surface area (Å²) in [7, 11) is 0. The number of benzene rings is 2. The largest absolute Gasteiger partial charge is 0.295 e. The van der Waals surface area contributed by atoms with Crippen LogP contribution in [0.3, 0.4) is 0 Å². The zero-order valence-electron chi connectivity index (χ0n) is 15.0. The molecule has 0 saturated heterocycles. The Morgan fingerprint density at radius 1 is 1.15 bits per heavy atom. The van der Waals surface area contributed by atoms with Crippen molar-refractivity contribution < 1.29 is 4.92 Å². The van der Waals surface area contributed by atoms with Gasteiger partial charge in [0.2, 0.25) is 0 Å². The van der Waals surface area contributed by atoms with Gasteiger partial charge in [-0.15, -0.1) is 0 Å². The van der Waals surface area contributed by atoms with Crippen molar-refractivity contribution >= 4 is 29.2 Å². The topological polar surface area (TPSA) is 93.3 Å². The van der Waals surface area contributed by atoms with Crippen LogP contribution in [-0.4, -0.2) is 20.9 Å². The van der Waals surface area contributed by atoms with Crippen molar-refractivity contribution in [3.8, 4) is 5.69 Å². The van der Waals surface area contributed by atoms with E-state index >= 15 is 0 Å². The second-order valence-electron chi connectivity index (χ2n) is 6.21. The van der Waals surface area contributed by atoms with Crippen LogP contribution in [0.2, 0.25) is 5.02 Å². The summed E-state index contributed by atoms with van der Waals surface area (Å²) in [5.41, 5.74) is 3.76. The summed E-state index contributed by atoms with van der Waals surface area (Å²) in [5, 5.41) is 14.2. The number of aromatic nitrogens is 2. The van der Waals surface area contributed by atoms with Crippen molar-refractivity contribution in [2.45, 2.75) is 20.8 Å². The van der Waals surface area contributed by atoms with E-state index in [2.05, 4.69) is 10.1 Å². The Labute approximate surface area is 160 Å². The number of rotatable bonds is 4. The Kier molecular flexibility index (Phi) is 4.96. The van der Waals surface area contributed by atoms with Crippen LogP contribution in [-0.2, 0) is 0 Å². The molecule has 0 radical (unpaired) electrons. The van der Waals surface area contributed by atoms with E-state index in [-0.39, 0.29) is 22.0 Å². The summed E-state index contributed by atoms with van der Waals surface area (Å²) in [4.78, 5) is 27.3. The third-order valence-corrected chi connectivity index (χ3v) is 4.66. The second-order valence-corrected chi connectivity index (χ2v) is 6.62. The number of H-pyrrole nitrogens is 1. The van der Waals surface area contributed by atoms with Crippen LogP contribution in [0, 0.1) is 30.9 Å². The standard InChI is InChI=1S/C19H17ClN4O3/c1-11-4-5-14(8-12(11)2)23-19(25)16(13(3)22-23)10-21-18-9-15(24(26)27)6-7-17(18)20/h4-10,22H,1-3H3. The van der Waals surface area contributed by atoms with Gasteiger partial charge < -0.3 is 0 Å². The maximum atomic E-state index is 12.8. The molecule has 138 valence electrons. The second kappa shape index (κ2) is 7.20. The molecular formula is C19H17ClN4O3. The molecule has 0 unspecified atom stereocenters. The molecule has 0 aliphatic heterocycles. The van der Waals surface area contributed by atoms with Crippen molar-refractivity contribution in [3.63, 3.8) is 0 Å². The minimum atomic E-state index is -0.524. The van der Waals surface area contributed by atoms with Crippen molar-refractivity contribution in [2.75, 3.05) is 0 Å². The van der Waals surface area contributed by atoms with E-state index in [0.717, 1.165) is 16.8 Å². The van der Waals surface area contributed by atoms with Gasteiger partial charge in [0.1, 0.15) is 0 Å². The molecule has 7 nitrogen and oxygen atoms in total. The monoisotopic (exact) mass is 384 g/mol. The van der Waals surface area contributed by atoms with E-state index in [9.17, 15) is 14.9 Å². The lowest BCUT2D eigenvalue weighted by atomic mass is 10.1. The van der Waals surface area contributed by atoms with E-state index in [1.807, 2.05) is 32.0 Å². The molecule has 0 bridgehead atoms. The number of nitrogens with one attached hydrogen (secondary N) is 1. The van der Waals surface area contributed by atoms with Gasteiger partial charge in [0.15, 0.2) is 0 Å². The Morgan fingerprint density at radius 3 is 2.56 bits per heavy atom. The SMILES string of the molecule is Cc1ccc(-n2[nH]c(C)c(C=Nc3cc([N+](=O)[O-])ccc3Cl)c2=O)cc1C. The van der Waals surface area contributed by atoms with E-state index < -0.39 is 4.92 Å². The van der Waals surface area contributed by atoms with Crippen molar-refractivity contribution in [1.82, 2.24) is 9.78 Å². The van der Waals surface area contributed by atoms with E-state index in [1.54, 1.807) is 6.92 Å². The lowest BCUT2D eigenvalue weighted by Gasteiger charge is -2.05. The first-order valence-corrected chi connectivity index (χ1v) is 8.53. The highest BCUT2D eigenvalue weighted by molar-refractivity contribution is 6.33. The Hall–Kier alpha value is -3.19. The summed E-state index contributed by atoms with van der Waals surface area (Å²) in [6.07, 6.45) is 1.37. The number of hydrogen-bond donors (Lipinski definition) is 1. The third kappa shape index (κ3) is 3.68. The summed E-state index contributed by atoms with van der Waals surface area (Å²) in [5.74, 6) is 0. The first kappa shape index (κ1) is 18.6. The molecule has 0 spiro atoms. The van der Waals surface area contributed by atoms with E-state index in [0.29, 0.717) is 11.3 Å². The van der Waals surface area contributed by atoms with Gasteiger partial charge in [0.25, 0.3) is 11.2 Å². The van der Waals surface area contributed by atoms with Crippen LogP contribution < -0.4 is 5.56 Å². The van der Waals surface area contributed by atoms with Gasteiger partial charge >= 0.3 is 0 Å². The highest BCUT2D eigenvalue weighted by atomic mass is 35.5. The number of aryl methyl sites for hydroxylation is 3. The molecule has 0 amide bonds. The molecule has 0 fully saturated rings. The van der Waals surface area contributed by atoms with Gasteiger partial charge in [0.05, 0.1) is 26.9 Å². The molecule has 3 rings (SSSR count). The molecule has 3 aromatic rings. The molecule has 0 aliphatic rings. The van der Waals surface area contributed by atoms with Gasteiger partial charge in [-0.05, 0) is 50.1 Å². The number of aromatic amines is 1. The highest BCUT2D eigenvalue weighted by Crippen LogP contribution is 2.29. The number of nitrogens with zero attached hydrogens (tertiary/aromatic N) is 3. The molecule has 2 aromatic carbocycles. The summed E-state index contributed by atoms with van der Waals surface area (Å²) < 4.78 is 1.44. The zero-order valence-corrected chi connectivity index (χ0v) is 15.7. The van der Waals surface area contributed by atoms with Crippen LogP contribution in [0.1, 0.15) is 22.4 Å². The first-order chi connectivity index (χ1) is 12.8. The van der Waals surface area contributed by atoms with Crippen molar-refractivity contribution in [3.05, 3.63) is 84.3 Å². The molecule has 0 saturated carbocycles. The maximum Gasteiger partial charge on any atom is 0.280 e. The predicted octanol–water partition coefficient (Wildman–Crippen LogP) is 4.40. The highest BCUT2D eigenvalue weighted by Gasteiger charge is 2.13. The number of nitro benzene ring substituents is 1. The number of aliphatic imine (C=N–C) groups is 1. The van der Waals surface area contributed by atoms with Crippen LogP contribution >= 0.6 is 11.6 Å². The third-order valence-electron chi connectivity index (χ3n) is 4.34. The normalized spacial score (nSPS) is 11.3. The molecule has 1 N–H and O–H groups in total. The van der Waals surface area contributed by atoms with Gasteiger partial charge in [0, 0.05) is 24.0 Å². The van der Waals surface area contributed by atoms with Crippen LogP contribution in [0.4, 0.5) is 11.4 Å². The molecular weight excluding hydrogens is 368 g/mol. The van der Waals surface area contributed by atoms with Gasteiger partial charge in [-0.2, -0.15) is 0 Å². The minimum Gasteiger partial charge on any atom is -0.295 e. The fourth-order valence-electron chi connectivity index (χ4n) is 2.61. The zero-order chi connectivity index (χ0) is 19.7. The maximum absolute atomic E-state index is 12.8.